The third kappa shape index (κ3) is 3.48. The molecule has 1 aliphatic carbocycles. The summed E-state index contributed by atoms with van der Waals surface area (Å²) >= 11 is 1.45. The van der Waals surface area contributed by atoms with Crippen LogP contribution in [0.2, 0.25) is 0 Å². The molecule has 1 fully saturated rings. The Morgan fingerprint density at radius 3 is 2.71 bits per heavy atom. The van der Waals surface area contributed by atoms with Gasteiger partial charge >= 0.3 is 0 Å². The summed E-state index contributed by atoms with van der Waals surface area (Å²) in [7, 11) is -3.59. The molecule has 2 N–H and O–H groups in total. The lowest BCUT2D eigenvalue weighted by Crippen LogP contribution is -2.43. The van der Waals surface area contributed by atoms with Crippen LogP contribution in [0.1, 0.15) is 40.0 Å². The lowest BCUT2D eigenvalue weighted by molar-refractivity contribution is -0.115. The quantitative estimate of drug-likeness (QED) is 0.859. The zero-order valence-corrected chi connectivity index (χ0v) is 15.8. The van der Waals surface area contributed by atoms with Crippen molar-refractivity contribution in [2.75, 3.05) is 5.32 Å². The number of carbonyl (C=O) groups is 1. The normalized spacial score (nSPS) is 30.5. The largest absolute Gasteiger partial charge is 0.324 e. The number of rotatable bonds is 3. The minimum atomic E-state index is -3.59. The maximum absolute atomic E-state index is 12.8. The fourth-order valence-electron chi connectivity index (χ4n) is 3.37. The topological polar surface area (TPSA) is 75.3 Å². The zero-order chi connectivity index (χ0) is 17.5. The number of sulfonamides is 1. The van der Waals surface area contributed by atoms with E-state index >= 15 is 0 Å². The molecular weight excluding hydrogens is 344 g/mol. The van der Waals surface area contributed by atoms with Gasteiger partial charge in [0.2, 0.25) is 15.9 Å². The predicted octanol–water partition coefficient (Wildman–Crippen LogP) is 3.22. The first-order chi connectivity index (χ1) is 11.3. The number of thioether (sulfide) groups is 1. The van der Waals surface area contributed by atoms with Gasteiger partial charge < -0.3 is 5.32 Å². The van der Waals surface area contributed by atoms with Crippen molar-refractivity contribution in [3.63, 3.8) is 0 Å². The molecule has 1 aromatic carbocycles. The van der Waals surface area contributed by atoms with Gasteiger partial charge in [0.1, 0.15) is 0 Å². The van der Waals surface area contributed by atoms with Crippen LogP contribution in [0, 0.1) is 11.8 Å². The summed E-state index contributed by atoms with van der Waals surface area (Å²) in [6.07, 6.45) is 3.08. The molecule has 24 heavy (non-hydrogen) atoms. The summed E-state index contributed by atoms with van der Waals surface area (Å²) < 4.78 is 28.4. The monoisotopic (exact) mass is 368 g/mol. The molecule has 0 unspecified atom stereocenters. The molecule has 132 valence electrons. The Kier molecular flexibility index (Phi) is 4.95. The van der Waals surface area contributed by atoms with Crippen LogP contribution >= 0.6 is 11.8 Å². The van der Waals surface area contributed by atoms with Gasteiger partial charge in [-0.25, -0.2) is 13.1 Å². The van der Waals surface area contributed by atoms with Crippen molar-refractivity contribution in [2.45, 2.75) is 61.1 Å². The molecule has 0 radical (unpaired) electrons. The number of anilines is 1. The zero-order valence-electron chi connectivity index (χ0n) is 14.2. The second kappa shape index (κ2) is 6.69. The highest BCUT2D eigenvalue weighted by molar-refractivity contribution is 8.01. The second-order valence-electron chi connectivity index (χ2n) is 6.90. The van der Waals surface area contributed by atoms with E-state index < -0.39 is 10.0 Å². The molecular formula is C17H24N2O3S2. The van der Waals surface area contributed by atoms with Crippen LogP contribution in [-0.2, 0) is 14.8 Å². The number of hydrogen-bond acceptors (Lipinski definition) is 4. The van der Waals surface area contributed by atoms with Gasteiger partial charge in [0.25, 0.3) is 0 Å². The highest BCUT2D eigenvalue weighted by Crippen LogP contribution is 2.37. The molecule has 7 heteroatoms. The first-order valence-corrected chi connectivity index (χ1v) is 10.8. The highest BCUT2D eigenvalue weighted by atomic mass is 32.2. The third-order valence-corrected chi connectivity index (χ3v) is 7.87. The van der Waals surface area contributed by atoms with Gasteiger partial charge in [0, 0.05) is 10.9 Å². The van der Waals surface area contributed by atoms with Gasteiger partial charge in [-0.1, -0.05) is 26.7 Å². The minimum Gasteiger partial charge on any atom is -0.324 e. The molecule has 4 atom stereocenters. The molecule has 0 spiro atoms. The van der Waals surface area contributed by atoms with E-state index in [0.29, 0.717) is 17.5 Å². The van der Waals surface area contributed by atoms with E-state index in [2.05, 4.69) is 23.9 Å². The van der Waals surface area contributed by atoms with Crippen molar-refractivity contribution < 1.29 is 13.2 Å². The Balaban J connectivity index is 1.83. The summed E-state index contributed by atoms with van der Waals surface area (Å²) in [5.74, 6) is 0.749. The summed E-state index contributed by atoms with van der Waals surface area (Å²) in [5.41, 5.74) is 0.580. The van der Waals surface area contributed by atoms with Crippen LogP contribution in [0.4, 0.5) is 5.69 Å². The van der Waals surface area contributed by atoms with E-state index in [4.69, 9.17) is 0 Å². The average molecular weight is 369 g/mol. The van der Waals surface area contributed by atoms with E-state index in [1.54, 1.807) is 18.2 Å². The van der Waals surface area contributed by atoms with Gasteiger partial charge in [-0.2, -0.15) is 0 Å². The Hall–Kier alpha value is -1.05. The number of hydrogen-bond donors (Lipinski definition) is 2. The minimum absolute atomic E-state index is 0.0289. The lowest BCUT2D eigenvalue weighted by atomic mass is 9.78. The Bertz CT molecular complexity index is 748. The number of amides is 1. The fraction of sp³-hybridized carbons (Fsp3) is 0.588. The summed E-state index contributed by atoms with van der Waals surface area (Å²) in [6, 6.07) is 4.93. The van der Waals surface area contributed by atoms with Crippen LogP contribution in [0.25, 0.3) is 0 Å². The maximum Gasteiger partial charge on any atom is 0.240 e. The van der Waals surface area contributed by atoms with Crippen molar-refractivity contribution in [3.05, 3.63) is 18.2 Å². The molecule has 0 aromatic heterocycles. The van der Waals surface area contributed by atoms with Crippen molar-refractivity contribution >= 4 is 33.4 Å². The molecule has 1 saturated carbocycles. The van der Waals surface area contributed by atoms with Gasteiger partial charge in [0.05, 0.1) is 15.8 Å². The van der Waals surface area contributed by atoms with Crippen molar-refractivity contribution in [2.24, 2.45) is 11.8 Å². The highest BCUT2D eigenvalue weighted by Gasteiger charge is 2.31. The van der Waals surface area contributed by atoms with Crippen molar-refractivity contribution in [1.82, 2.24) is 4.72 Å². The van der Waals surface area contributed by atoms with Crippen molar-refractivity contribution in [1.29, 1.82) is 0 Å². The molecule has 0 saturated heterocycles. The van der Waals surface area contributed by atoms with Gasteiger partial charge in [-0.05, 0) is 43.4 Å². The maximum atomic E-state index is 12.8. The number of carbonyl (C=O) groups excluding carboxylic acids is 1. The van der Waals surface area contributed by atoms with E-state index in [-0.39, 0.29) is 22.1 Å². The number of nitrogens with one attached hydrogen (secondary N) is 2. The SMILES string of the molecule is C[C@H]1[C@H](C)CCC[C@H]1NS(=O)(=O)c1ccc2c(c1)NC(=O)[C@H](C)S2. The predicted molar refractivity (Wildman–Crippen MR) is 96.7 cm³/mol. The van der Waals surface area contributed by atoms with E-state index in [1.165, 1.54) is 11.8 Å². The average Bonchev–Trinajstić information content (AvgIpc) is 2.52. The standard InChI is InChI=1S/C17H24N2O3S2/c1-10-5-4-6-14(11(10)2)19-24(21,22)13-7-8-16-15(9-13)18-17(20)12(3)23-16/h7-12,14,19H,4-6H2,1-3H3,(H,18,20)/t10-,11+,12+,14-/m1/s1. The number of benzene rings is 1. The van der Waals surface area contributed by atoms with Crippen LogP contribution in [0.15, 0.2) is 28.0 Å². The first kappa shape index (κ1) is 17.8. The fourth-order valence-corrected chi connectivity index (χ4v) is 5.69. The Morgan fingerprint density at radius 2 is 1.96 bits per heavy atom. The molecule has 1 aromatic rings. The van der Waals surface area contributed by atoms with E-state index in [9.17, 15) is 13.2 Å². The van der Waals surface area contributed by atoms with Crippen LogP contribution < -0.4 is 10.0 Å². The van der Waals surface area contributed by atoms with E-state index in [1.807, 2.05) is 6.92 Å². The molecule has 1 aliphatic heterocycles. The Labute approximate surface area is 148 Å². The van der Waals surface area contributed by atoms with Crippen molar-refractivity contribution in [3.8, 4) is 0 Å². The first-order valence-electron chi connectivity index (χ1n) is 8.42. The summed E-state index contributed by atoms with van der Waals surface area (Å²) in [6.45, 7) is 6.13. The lowest BCUT2D eigenvalue weighted by Gasteiger charge is -2.34. The van der Waals surface area contributed by atoms with Crippen LogP contribution in [0.5, 0.6) is 0 Å². The van der Waals surface area contributed by atoms with Gasteiger partial charge in [-0.3, -0.25) is 4.79 Å². The molecule has 5 nitrogen and oxygen atoms in total. The summed E-state index contributed by atoms with van der Waals surface area (Å²) in [5, 5.41) is 2.63. The van der Waals surface area contributed by atoms with E-state index in [0.717, 1.165) is 24.2 Å². The molecule has 1 amide bonds. The van der Waals surface area contributed by atoms with Crippen LogP contribution in [0.3, 0.4) is 0 Å². The Morgan fingerprint density at radius 1 is 1.21 bits per heavy atom. The second-order valence-corrected chi connectivity index (χ2v) is 10.00. The third-order valence-electron chi connectivity index (χ3n) is 5.21. The molecule has 2 aliphatic rings. The van der Waals surface area contributed by atoms with Gasteiger partial charge in [-0.15, -0.1) is 11.8 Å². The molecule has 1 heterocycles. The molecule has 3 rings (SSSR count). The molecule has 0 bridgehead atoms. The summed E-state index contributed by atoms with van der Waals surface area (Å²) in [4.78, 5) is 12.9. The number of fused-ring (bicyclic) bond motifs is 1. The smallest absolute Gasteiger partial charge is 0.240 e. The van der Waals surface area contributed by atoms with Gasteiger partial charge in [0.15, 0.2) is 0 Å². The van der Waals surface area contributed by atoms with Crippen LogP contribution in [-0.4, -0.2) is 25.6 Å².